The Morgan fingerprint density at radius 2 is 1.86 bits per heavy atom. The lowest BCUT2D eigenvalue weighted by Gasteiger charge is -2.33. The van der Waals surface area contributed by atoms with Crippen LogP contribution in [0.15, 0.2) is 30.3 Å². The van der Waals surface area contributed by atoms with Crippen molar-refractivity contribution in [3.63, 3.8) is 0 Å². The predicted molar refractivity (Wildman–Crippen MR) is 148 cm³/mol. The number of fused-ring (bicyclic) bond motifs is 1. The van der Waals surface area contributed by atoms with Crippen LogP contribution in [0.1, 0.15) is 84.4 Å². The number of anilines is 1. The van der Waals surface area contributed by atoms with Crippen LogP contribution in [0.4, 0.5) is 5.69 Å². The Balaban J connectivity index is 1.24. The van der Waals surface area contributed by atoms with Crippen LogP contribution in [0, 0.1) is 26.2 Å². The number of likely N-dealkylation sites (tertiary alicyclic amines) is 1. The van der Waals surface area contributed by atoms with E-state index < -0.39 is 6.04 Å². The maximum Gasteiger partial charge on any atom is 0.237 e. The van der Waals surface area contributed by atoms with E-state index in [1.54, 1.807) is 0 Å². The highest BCUT2D eigenvalue weighted by molar-refractivity contribution is 5.82. The molecule has 5 heteroatoms. The number of nitrogens with zero attached hydrogens (tertiary/aromatic N) is 1. The summed E-state index contributed by atoms with van der Waals surface area (Å²) in [5, 5.41) is 6.82. The van der Waals surface area contributed by atoms with Gasteiger partial charge in [0.25, 0.3) is 0 Å². The van der Waals surface area contributed by atoms with E-state index in [-0.39, 0.29) is 11.9 Å². The highest BCUT2D eigenvalue weighted by Crippen LogP contribution is 2.44. The minimum absolute atomic E-state index is 0.00299. The van der Waals surface area contributed by atoms with E-state index in [9.17, 15) is 4.79 Å². The van der Waals surface area contributed by atoms with Crippen molar-refractivity contribution >= 4 is 11.6 Å². The molecule has 5 rings (SSSR count). The maximum absolute atomic E-state index is 13.2. The number of amides is 1. The maximum atomic E-state index is 13.2. The van der Waals surface area contributed by atoms with E-state index in [2.05, 4.69) is 66.6 Å². The van der Waals surface area contributed by atoms with Gasteiger partial charge in [0.05, 0.1) is 12.1 Å². The van der Waals surface area contributed by atoms with Gasteiger partial charge in [-0.05, 0) is 98.7 Å². The summed E-state index contributed by atoms with van der Waals surface area (Å²) in [6.07, 6.45) is 9.86. The monoisotopic (exact) mass is 488 g/mol. The molecular formula is C31H44N4O. The van der Waals surface area contributed by atoms with E-state index in [1.165, 1.54) is 85.0 Å². The molecule has 2 heterocycles. The second-order valence-corrected chi connectivity index (χ2v) is 11.9. The van der Waals surface area contributed by atoms with Crippen LogP contribution in [0.25, 0.3) is 0 Å². The average molecular weight is 489 g/mol. The fraction of sp³-hybridized carbons (Fsp3) is 0.581. The summed E-state index contributed by atoms with van der Waals surface area (Å²) in [6.45, 7) is 10.6. The zero-order chi connectivity index (χ0) is 25.3. The minimum Gasteiger partial charge on any atom is -0.385 e. The molecule has 0 aromatic heterocycles. The highest BCUT2D eigenvalue weighted by atomic mass is 16.2. The molecule has 2 aromatic rings. The molecule has 2 fully saturated rings. The molecule has 1 saturated heterocycles. The molecule has 5 nitrogen and oxygen atoms in total. The average Bonchev–Trinajstić information content (AvgIpc) is 3.23. The zero-order valence-corrected chi connectivity index (χ0v) is 22.5. The fourth-order valence-electron chi connectivity index (χ4n) is 7.07. The van der Waals surface area contributed by atoms with Gasteiger partial charge in [-0.15, -0.1) is 0 Å². The molecule has 1 saturated carbocycles. The topological polar surface area (TPSA) is 70.4 Å². The lowest BCUT2D eigenvalue weighted by Crippen LogP contribution is -2.44. The number of hydrogen-bond donors (Lipinski definition) is 3. The number of nitrogens with two attached hydrogens (primary N) is 1. The zero-order valence-electron chi connectivity index (χ0n) is 22.5. The van der Waals surface area contributed by atoms with Gasteiger partial charge in [-0.3, -0.25) is 9.69 Å². The molecule has 0 radical (unpaired) electrons. The Morgan fingerprint density at radius 3 is 2.61 bits per heavy atom. The Hall–Kier alpha value is -2.37. The van der Waals surface area contributed by atoms with Gasteiger partial charge in [0, 0.05) is 25.3 Å². The Bertz CT molecular complexity index is 1080. The molecule has 2 atom stereocenters. The predicted octanol–water partition coefficient (Wildman–Crippen LogP) is 5.31. The van der Waals surface area contributed by atoms with Crippen LogP contribution >= 0.6 is 0 Å². The van der Waals surface area contributed by atoms with E-state index in [4.69, 9.17) is 5.73 Å². The third kappa shape index (κ3) is 5.47. The van der Waals surface area contributed by atoms with E-state index in [0.717, 1.165) is 25.2 Å². The van der Waals surface area contributed by atoms with Crippen molar-refractivity contribution in [1.29, 1.82) is 0 Å². The number of carbonyl (C=O) groups is 1. The summed E-state index contributed by atoms with van der Waals surface area (Å²) >= 11 is 0. The summed E-state index contributed by atoms with van der Waals surface area (Å²) in [4.78, 5) is 15.8. The highest BCUT2D eigenvalue weighted by Gasteiger charge is 2.38. The first-order chi connectivity index (χ1) is 17.3. The molecule has 0 bridgehead atoms. The normalized spacial score (nSPS) is 22.2. The summed E-state index contributed by atoms with van der Waals surface area (Å²) in [7, 11) is 0. The van der Waals surface area contributed by atoms with Gasteiger partial charge in [0.1, 0.15) is 0 Å². The molecule has 36 heavy (non-hydrogen) atoms. The number of benzene rings is 2. The molecule has 2 unspecified atom stereocenters. The summed E-state index contributed by atoms with van der Waals surface area (Å²) in [5.74, 6) is -0.0589. The summed E-state index contributed by atoms with van der Waals surface area (Å²) in [6, 6.07) is 10.6. The van der Waals surface area contributed by atoms with E-state index >= 15 is 0 Å². The van der Waals surface area contributed by atoms with Crippen LogP contribution in [0.3, 0.4) is 0 Å². The minimum atomic E-state index is -0.553. The molecule has 1 amide bonds. The van der Waals surface area contributed by atoms with Gasteiger partial charge in [0.15, 0.2) is 0 Å². The van der Waals surface area contributed by atoms with Crippen LogP contribution < -0.4 is 16.4 Å². The second kappa shape index (κ2) is 10.5. The van der Waals surface area contributed by atoms with Gasteiger partial charge in [0.2, 0.25) is 5.91 Å². The van der Waals surface area contributed by atoms with Crippen molar-refractivity contribution in [1.82, 2.24) is 10.2 Å². The Kier molecular flexibility index (Phi) is 7.41. The molecule has 4 N–H and O–H groups in total. The number of rotatable bonds is 6. The summed E-state index contributed by atoms with van der Waals surface area (Å²) < 4.78 is 0. The van der Waals surface area contributed by atoms with Crippen molar-refractivity contribution in [2.45, 2.75) is 90.8 Å². The fourth-order valence-corrected chi connectivity index (χ4v) is 7.07. The first kappa shape index (κ1) is 25.3. The van der Waals surface area contributed by atoms with Crippen LogP contribution in [0.2, 0.25) is 0 Å². The van der Waals surface area contributed by atoms with Crippen molar-refractivity contribution in [3.05, 3.63) is 63.7 Å². The first-order valence-electron chi connectivity index (χ1n) is 14.0. The van der Waals surface area contributed by atoms with Gasteiger partial charge >= 0.3 is 0 Å². The standard InChI is InChI=1S/C31H44N4O/c1-21-15-22(2)25(23(3)16-21)18-27(32)30(36)34-29-9-13-33-28-8-7-24(17-26(28)29)19-35-14-12-31(20-35)10-5-4-6-11-31/h7-8,15-17,27,29,33H,4-6,9-14,18-20,32H2,1-3H3,(H,34,36). The number of hydrogen-bond acceptors (Lipinski definition) is 4. The molecule has 1 spiro atoms. The SMILES string of the molecule is Cc1cc(C)c(CC(N)C(=O)NC2CCNc3ccc(CN4CCC5(CCCCC5)C4)cc32)c(C)c1. The van der Waals surface area contributed by atoms with Gasteiger partial charge in [-0.1, -0.05) is 49.1 Å². The molecule has 2 aliphatic heterocycles. The third-order valence-electron chi connectivity index (χ3n) is 9.00. The summed E-state index contributed by atoms with van der Waals surface area (Å²) in [5.41, 5.74) is 15.6. The Labute approximate surface area is 217 Å². The molecule has 3 aliphatic rings. The Morgan fingerprint density at radius 1 is 1.11 bits per heavy atom. The molecular weight excluding hydrogens is 444 g/mol. The smallest absolute Gasteiger partial charge is 0.237 e. The lowest BCUT2D eigenvalue weighted by atomic mass is 9.73. The first-order valence-corrected chi connectivity index (χ1v) is 14.0. The number of aryl methyl sites for hydroxylation is 3. The number of carbonyl (C=O) groups excluding carboxylic acids is 1. The quantitative estimate of drug-likeness (QED) is 0.515. The molecule has 194 valence electrons. The van der Waals surface area contributed by atoms with Gasteiger partial charge < -0.3 is 16.4 Å². The van der Waals surface area contributed by atoms with Crippen LogP contribution in [-0.4, -0.2) is 36.5 Å². The third-order valence-corrected chi connectivity index (χ3v) is 9.00. The number of nitrogens with one attached hydrogen (secondary N) is 2. The molecule has 2 aromatic carbocycles. The van der Waals surface area contributed by atoms with E-state index in [1.807, 2.05) is 0 Å². The largest absolute Gasteiger partial charge is 0.385 e. The second-order valence-electron chi connectivity index (χ2n) is 11.9. The van der Waals surface area contributed by atoms with Crippen molar-refractivity contribution in [2.75, 3.05) is 25.0 Å². The van der Waals surface area contributed by atoms with Crippen LogP contribution in [-0.2, 0) is 17.8 Å². The lowest BCUT2D eigenvalue weighted by molar-refractivity contribution is -0.123. The van der Waals surface area contributed by atoms with Gasteiger partial charge in [-0.25, -0.2) is 0 Å². The van der Waals surface area contributed by atoms with Crippen LogP contribution in [0.5, 0.6) is 0 Å². The van der Waals surface area contributed by atoms with Crippen molar-refractivity contribution in [3.8, 4) is 0 Å². The van der Waals surface area contributed by atoms with Crippen molar-refractivity contribution < 1.29 is 4.79 Å². The van der Waals surface area contributed by atoms with E-state index in [0.29, 0.717) is 11.8 Å². The van der Waals surface area contributed by atoms with Gasteiger partial charge in [-0.2, -0.15) is 0 Å². The van der Waals surface area contributed by atoms with Crippen molar-refractivity contribution in [2.24, 2.45) is 11.1 Å². The molecule has 1 aliphatic carbocycles.